The fraction of sp³-hybridized carbons (Fsp3) is 1.00. The Kier molecular flexibility index (Phi) is 3.05. The molecule has 15 heavy (non-hydrogen) atoms. The quantitative estimate of drug-likeness (QED) is 0.697. The molecule has 2 rings (SSSR count). The van der Waals surface area contributed by atoms with Gasteiger partial charge >= 0.3 is 0 Å². The lowest BCUT2D eigenvalue weighted by atomic mass is 10.0. The molecule has 0 radical (unpaired) electrons. The van der Waals surface area contributed by atoms with E-state index in [1.807, 2.05) is 0 Å². The van der Waals surface area contributed by atoms with Crippen LogP contribution in [0.4, 0.5) is 0 Å². The molecule has 2 fully saturated rings. The number of aliphatic hydroxyl groups excluding tert-OH is 1. The maximum atomic E-state index is 11.2. The van der Waals surface area contributed by atoms with E-state index in [4.69, 9.17) is 5.11 Å². The van der Waals surface area contributed by atoms with E-state index < -0.39 is 9.84 Å². The van der Waals surface area contributed by atoms with Crippen LogP contribution in [-0.4, -0.2) is 44.2 Å². The fourth-order valence-electron chi connectivity index (χ4n) is 2.25. The minimum Gasteiger partial charge on any atom is -0.396 e. The van der Waals surface area contributed by atoms with Gasteiger partial charge in [0.25, 0.3) is 0 Å². The Hall–Kier alpha value is -0.130. The summed E-state index contributed by atoms with van der Waals surface area (Å²) in [4.78, 5) is 0. The van der Waals surface area contributed by atoms with Gasteiger partial charge in [-0.15, -0.1) is 0 Å². The molecular weight excluding hydrogens is 214 g/mol. The van der Waals surface area contributed by atoms with Gasteiger partial charge in [0.15, 0.2) is 9.84 Å². The average molecular weight is 233 g/mol. The molecule has 5 heteroatoms. The lowest BCUT2D eigenvalue weighted by molar-refractivity contribution is 0.243. The smallest absolute Gasteiger partial charge is 0.151 e. The summed E-state index contributed by atoms with van der Waals surface area (Å²) in [5.74, 6) is 0.625. The summed E-state index contributed by atoms with van der Waals surface area (Å²) in [5.41, 5.74) is 0.279. The fourth-order valence-corrected chi connectivity index (χ4v) is 3.95. The van der Waals surface area contributed by atoms with Crippen molar-refractivity contribution in [3.8, 4) is 0 Å². The molecule has 2 aliphatic rings. The highest BCUT2D eigenvalue weighted by Gasteiger charge is 2.42. The summed E-state index contributed by atoms with van der Waals surface area (Å²) in [5, 5.41) is 12.2. The normalized spacial score (nSPS) is 31.7. The summed E-state index contributed by atoms with van der Waals surface area (Å²) in [6.45, 7) is 1.11. The van der Waals surface area contributed by atoms with Gasteiger partial charge in [0.2, 0.25) is 0 Å². The van der Waals surface area contributed by atoms with Crippen LogP contribution in [0.25, 0.3) is 0 Å². The van der Waals surface area contributed by atoms with E-state index in [0.29, 0.717) is 11.5 Å². The van der Waals surface area contributed by atoms with Gasteiger partial charge in [0.1, 0.15) is 0 Å². The van der Waals surface area contributed by atoms with Crippen molar-refractivity contribution in [3.05, 3.63) is 0 Å². The second-order valence-electron chi connectivity index (χ2n) is 4.95. The molecule has 1 saturated carbocycles. The highest BCUT2D eigenvalue weighted by atomic mass is 32.2. The summed E-state index contributed by atoms with van der Waals surface area (Å²) >= 11 is 0. The molecular formula is C10H19NO3S. The Labute approximate surface area is 91.0 Å². The van der Waals surface area contributed by atoms with Crippen LogP contribution >= 0.6 is 0 Å². The second-order valence-corrected chi connectivity index (χ2v) is 7.18. The van der Waals surface area contributed by atoms with Gasteiger partial charge < -0.3 is 10.4 Å². The first-order valence-corrected chi connectivity index (χ1v) is 7.42. The Morgan fingerprint density at radius 2 is 2.13 bits per heavy atom. The van der Waals surface area contributed by atoms with E-state index in [1.54, 1.807) is 0 Å². The SMILES string of the molecule is O=S1(=O)CCC(NCC2(CCO)CC2)C1. The Morgan fingerprint density at radius 3 is 2.60 bits per heavy atom. The average Bonchev–Trinajstić information content (AvgIpc) is 2.83. The molecule has 0 amide bonds. The molecule has 1 aliphatic heterocycles. The predicted molar refractivity (Wildman–Crippen MR) is 58.4 cm³/mol. The van der Waals surface area contributed by atoms with Crippen LogP contribution in [0.15, 0.2) is 0 Å². The van der Waals surface area contributed by atoms with Gasteiger partial charge in [-0.25, -0.2) is 8.42 Å². The summed E-state index contributed by atoms with van der Waals surface area (Å²) in [6, 6.07) is 0.145. The van der Waals surface area contributed by atoms with E-state index >= 15 is 0 Å². The van der Waals surface area contributed by atoms with Gasteiger partial charge in [0, 0.05) is 19.2 Å². The molecule has 4 nitrogen and oxygen atoms in total. The first kappa shape index (κ1) is 11.4. The van der Waals surface area contributed by atoms with Crippen molar-refractivity contribution >= 4 is 9.84 Å². The van der Waals surface area contributed by atoms with Gasteiger partial charge in [-0.3, -0.25) is 0 Å². The van der Waals surface area contributed by atoms with Crippen LogP contribution in [0, 0.1) is 5.41 Å². The van der Waals surface area contributed by atoms with Crippen molar-refractivity contribution in [1.29, 1.82) is 0 Å². The number of sulfone groups is 1. The Bertz CT molecular complexity index is 322. The highest BCUT2D eigenvalue weighted by molar-refractivity contribution is 7.91. The first-order valence-electron chi connectivity index (χ1n) is 5.60. The third-order valence-corrected chi connectivity index (χ3v) is 5.37. The third-order valence-electron chi connectivity index (χ3n) is 3.60. The molecule has 0 spiro atoms. The zero-order valence-corrected chi connectivity index (χ0v) is 9.72. The van der Waals surface area contributed by atoms with Crippen LogP contribution < -0.4 is 5.32 Å². The molecule has 0 aromatic carbocycles. The van der Waals surface area contributed by atoms with Crippen molar-refractivity contribution in [2.24, 2.45) is 5.41 Å². The summed E-state index contributed by atoms with van der Waals surface area (Å²) in [6.07, 6.45) is 3.93. The monoisotopic (exact) mass is 233 g/mol. The molecule has 0 aromatic heterocycles. The van der Waals surface area contributed by atoms with Crippen LogP contribution in [0.1, 0.15) is 25.7 Å². The van der Waals surface area contributed by atoms with Crippen LogP contribution in [0.5, 0.6) is 0 Å². The molecule has 1 heterocycles. The van der Waals surface area contributed by atoms with E-state index in [9.17, 15) is 8.42 Å². The minimum absolute atomic E-state index is 0.145. The molecule has 88 valence electrons. The number of hydrogen-bond acceptors (Lipinski definition) is 4. The molecule has 2 N–H and O–H groups in total. The summed E-state index contributed by atoms with van der Waals surface area (Å²) < 4.78 is 22.5. The Balaban J connectivity index is 1.75. The summed E-state index contributed by atoms with van der Waals surface area (Å²) in [7, 11) is -2.77. The zero-order chi connectivity index (χ0) is 10.9. The topological polar surface area (TPSA) is 66.4 Å². The van der Waals surface area contributed by atoms with E-state index in [0.717, 1.165) is 19.4 Å². The van der Waals surface area contributed by atoms with Crippen LogP contribution in [-0.2, 0) is 9.84 Å². The number of rotatable bonds is 5. The number of hydrogen-bond donors (Lipinski definition) is 2. The first-order chi connectivity index (χ1) is 7.05. The molecule has 1 aliphatic carbocycles. The molecule has 1 unspecified atom stereocenters. The number of aliphatic hydroxyl groups is 1. The molecule has 1 atom stereocenters. The third kappa shape index (κ3) is 2.92. The Morgan fingerprint density at radius 1 is 1.40 bits per heavy atom. The maximum absolute atomic E-state index is 11.2. The second kappa shape index (κ2) is 4.03. The lowest BCUT2D eigenvalue weighted by Crippen LogP contribution is -2.35. The highest BCUT2D eigenvalue weighted by Crippen LogP contribution is 2.48. The van der Waals surface area contributed by atoms with Gasteiger partial charge in [0.05, 0.1) is 11.5 Å². The largest absolute Gasteiger partial charge is 0.396 e. The van der Waals surface area contributed by atoms with Crippen LogP contribution in [0.2, 0.25) is 0 Å². The minimum atomic E-state index is -2.77. The van der Waals surface area contributed by atoms with E-state index in [-0.39, 0.29) is 18.1 Å². The van der Waals surface area contributed by atoms with Crippen LogP contribution in [0.3, 0.4) is 0 Å². The van der Waals surface area contributed by atoms with Crippen molar-refractivity contribution in [2.75, 3.05) is 24.7 Å². The number of nitrogens with one attached hydrogen (secondary N) is 1. The lowest BCUT2D eigenvalue weighted by Gasteiger charge is -2.17. The maximum Gasteiger partial charge on any atom is 0.151 e. The molecule has 1 saturated heterocycles. The van der Waals surface area contributed by atoms with Gasteiger partial charge in [-0.2, -0.15) is 0 Å². The standard InChI is InChI=1S/C10H19NO3S/c12-5-4-10(2-3-10)8-11-9-1-6-15(13,14)7-9/h9,11-12H,1-8H2. The van der Waals surface area contributed by atoms with Gasteiger partial charge in [-0.05, 0) is 31.1 Å². The molecule has 0 aromatic rings. The van der Waals surface area contributed by atoms with Crippen molar-refractivity contribution in [2.45, 2.75) is 31.7 Å². The van der Waals surface area contributed by atoms with Crippen molar-refractivity contribution < 1.29 is 13.5 Å². The predicted octanol–water partition coefficient (Wildman–Crippen LogP) is -0.0743. The van der Waals surface area contributed by atoms with Gasteiger partial charge in [-0.1, -0.05) is 0 Å². The van der Waals surface area contributed by atoms with E-state index in [2.05, 4.69) is 5.32 Å². The van der Waals surface area contributed by atoms with Crippen molar-refractivity contribution in [3.63, 3.8) is 0 Å². The zero-order valence-electron chi connectivity index (χ0n) is 8.91. The van der Waals surface area contributed by atoms with E-state index in [1.165, 1.54) is 12.8 Å². The van der Waals surface area contributed by atoms with Crippen molar-refractivity contribution in [1.82, 2.24) is 5.32 Å². The molecule has 0 bridgehead atoms.